The van der Waals surface area contributed by atoms with Gasteiger partial charge < -0.3 is 5.32 Å². The van der Waals surface area contributed by atoms with E-state index < -0.39 is 0 Å². The van der Waals surface area contributed by atoms with Crippen LogP contribution in [0.15, 0.2) is 42.0 Å². The molecule has 2 heterocycles. The number of aromatic nitrogens is 2. The van der Waals surface area contributed by atoms with Gasteiger partial charge in [-0.15, -0.1) is 11.3 Å². The Hall–Kier alpha value is -1.65. The maximum Gasteiger partial charge on any atom is 0.0942 e. The molecule has 0 aliphatic rings. The van der Waals surface area contributed by atoms with E-state index >= 15 is 0 Å². The van der Waals surface area contributed by atoms with Crippen molar-refractivity contribution in [1.82, 2.24) is 9.97 Å². The molecule has 0 saturated carbocycles. The second kappa shape index (κ2) is 5.55. The van der Waals surface area contributed by atoms with Crippen LogP contribution in [0.25, 0.3) is 10.9 Å². The van der Waals surface area contributed by atoms with Crippen LogP contribution in [0.1, 0.15) is 5.01 Å². The SMILES string of the molecule is Clc1ccc2c(NCCc3nccs3)ccnc2c1. The predicted octanol–water partition coefficient (Wildman–Crippen LogP) is 4.00. The Morgan fingerprint density at radius 1 is 1.16 bits per heavy atom. The Labute approximate surface area is 120 Å². The van der Waals surface area contributed by atoms with Gasteiger partial charge >= 0.3 is 0 Å². The Morgan fingerprint density at radius 3 is 2.95 bits per heavy atom. The summed E-state index contributed by atoms with van der Waals surface area (Å²) in [5, 5.41) is 8.37. The van der Waals surface area contributed by atoms with Gasteiger partial charge in [0.05, 0.1) is 10.5 Å². The van der Waals surface area contributed by atoms with Gasteiger partial charge in [-0.05, 0) is 24.3 Å². The highest BCUT2D eigenvalue weighted by atomic mass is 35.5. The fourth-order valence-electron chi connectivity index (χ4n) is 1.96. The lowest BCUT2D eigenvalue weighted by Gasteiger charge is -2.08. The number of nitrogens with zero attached hydrogens (tertiary/aromatic N) is 2. The van der Waals surface area contributed by atoms with Crippen molar-refractivity contribution in [3.8, 4) is 0 Å². The van der Waals surface area contributed by atoms with Gasteiger partial charge in [0.1, 0.15) is 0 Å². The van der Waals surface area contributed by atoms with Crippen LogP contribution in [-0.4, -0.2) is 16.5 Å². The molecule has 3 nitrogen and oxygen atoms in total. The second-order valence-corrected chi connectivity index (χ2v) is 5.54. The molecule has 1 N–H and O–H groups in total. The molecule has 0 saturated heterocycles. The second-order valence-electron chi connectivity index (χ2n) is 4.12. The number of anilines is 1. The molecular formula is C14H12ClN3S. The van der Waals surface area contributed by atoms with Crippen molar-refractivity contribution in [2.75, 3.05) is 11.9 Å². The summed E-state index contributed by atoms with van der Waals surface area (Å²) in [4.78, 5) is 8.60. The quantitative estimate of drug-likeness (QED) is 0.789. The Balaban J connectivity index is 1.77. The van der Waals surface area contributed by atoms with E-state index in [1.807, 2.05) is 35.8 Å². The Morgan fingerprint density at radius 2 is 2.11 bits per heavy atom. The molecule has 0 radical (unpaired) electrons. The third-order valence-corrected chi connectivity index (χ3v) is 3.92. The van der Waals surface area contributed by atoms with Crippen LogP contribution in [0.3, 0.4) is 0 Å². The van der Waals surface area contributed by atoms with Gasteiger partial charge in [0.25, 0.3) is 0 Å². The number of hydrogen-bond acceptors (Lipinski definition) is 4. The topological polar surface area (TPSA) is 37.8 Å². The molecule has 0 aliphatic carbocycles. The van der Waals surface area contributed by atoms with Crippen LogP contribution in [0.5, 0.6) is 0 Å². The lowest BCUT2D eigenvalue weighted by atomic mass is 10.2. The molecule has 0 aliphatic heterocycles. The fraction of sp³-hybridized carbons (Fsp3) is 0.143. The summed E-state index contributed by atoms with van der Waals surface area (Å²) >= 11 is 7.66. The Kier molecular flexibility index (Phi) is 3.62. The van der Waals surface area contributed by atoms with Gasteiger partial charge in [-0.1, -0.05) is 11.6 Å². The van der Waals surface area contributed by atoms with E-state index in [4.69, 9.17) is 11.6 Å². The maximum absolute atomic E-state index is 5.98. The van der Waals surface area contributed by atoms with Gasteiger partial charge in [-0.25, -0.2) is 4.98 Å². The molecular weight excluding hydrogens is 278 g/mol. The molecule has 19 heavy (non-hydrogen) atoms. The maximum atomic E-state index is 5.98. The number of pyridine rings is 1. The number of nitrogens with one attached hydrogen (secondary N) is 1. The van der Waals surface area contributed by atoms with Crippen LogP contribution in [-0.2, 0) is 6.42 Å². The first-order valence-corrected chi connectivity index (χ1v) is 7.25. The van der Waals surface area contributed by atoms with E-state index in [1.165, 1.54) is 0 Å². The molecule has 1 aromatic carbocycles. The number of thiazole rings is 1. The van der Waals surface area contributed by atoms with E-state index in [0.29, 0.717) is 5.02 Å². The molecule has 2 aromatic heterocycles. The van der Waals surface area contributed by atoms with Gasteiger partial charge in [0, 0.05) is 46.8 Å². The number of rotatable bonds is 4. The first-order chi connectivity index (χ1) is 9.33. The fourth-order valence-corrected chi connectivity index (χ4v) is 2.74. The average Bonchev–Trinajstić information content (AvgIpc) is 2.92. The molecule has 0 unspecified atom stereocenters. The number of halogens is 1. The van der Waals surface area contributed by atoms with E-state index in [-0.39, 0.29) is 0 Å². The van der Waals surface area contributed by atoms with Crippen molar-refractivity contribution >= 4 is 39.5 Å². The normalized spacial score (nSPS) is 10.8. The first-order valence-electron chi connectivity index (χ1n) is 5.99. The third kappa shape index (κ3) is 2.85. The lowest BCUT2D eigenvalue weighted by Crippen LogP contribution is -2.05. The summed E-state index contributed by atoms with van der Waals surface area (Å²) in [6, 6.07) is 7.74. The third-order valence-electron chi connectivity index (χ3n) is 2.84. The molecule has 0 amide bonds. The smallest absolute Gasteiger partial charge is 0.0942 e. The molecule has 96 valence electrons. The van der Waals surface area contributed by atoms with Gasteiger partial charge in [-0.3, -0.25) is 4.98 Å². The zero-order valence-electron chi connectivity index (χ0n) is 10.1. The van der Waals surface area contributed by atoms with E-state index in [1.54, 1.807) is 17.5 Å². The monoisotopic (exact) mass is 289 g/mol. The molecule has 0 bridgehead atoms. The summed E-state index contributed by atoms with van der Waals surface area (Å²) in [7, 11) is 0. The summed E-state index contributed by atoms with van der Waals surface area (Å²) in [6.45, 7) is 0.856. The van der Waals surface area contributed by atoms with Crippen molar-refractivity contribution < 1.29 is 0 Å². The highest BCUT2D eigenvalue weighted by molar-refractivity contribution is 7.09. The van der Waals surface area contributed by atoms with E-state index in [9.17, 15) is 0 Å². The molecule has 3 rings (SSSR count). The Bertz CT molecular complexity index is 682. The first kappa shape index (κ1) is 12.4. The van der Waals surface area contributed by atoms with Gasteiger partial charge in [0.2, 0.25) is 0 Å². The zero-order valence-corrected chi connectivity index (χ0v) is 11.7. The van der Waals surface area contributed by atoms with Gasteiger partial charge in [0.15, 0.2) is 0 Å². The highest BCUT2D eigenvalue weighted by Crippen LogP contribution is 2.24. The zero-order chi connectivity index (χ0) is 13.1. The molecule has 3 aromatic rings. The molecule has 0 spiro atoms. The van der Waals surface area contributed by atoms with Crippen molar-refractivity contribution in [2.45, 2.75) is 6.42 Å². The summed E-state index contributed by atoms with van der Waals surface area (Å²) < 4.78 is 0. The van der Waals surface area contributed by atoms with E-state index in [2.05, 4.69) is 15.3 Å². The summed E-state index contributed by atoms with van der Waals surface area (Å²) in [5.41, 5.74) is 1.99. The van der Waals surface area contributed by atoms with Crippen molar-refractivity contribution in [3.63, 3.8) is 0 Å². The molecule has 0 fully saturated rings. The average molecular weight is 290 g/mol. The highest BCUT2D eigenvalue weighted by Gasteiger charge is 2.02. The minimum Gasteiger partial charge on any atom is -0.384 e. The number of hydrogen-bond donors (Lipinski definition) is 1. The van der Waals surface area contributed by atoms with Crippen LogP contribution in [0, 0.1) is 0 Å². The summed E-state index contributed by atoms with van der Waals surface area (Å²) in [6.07, 6.45) is 4.56. The lowest BCUT2D eigenvalue weighted by molar-refractivity contribution is 0.999. The molecule has 0 atom stereocenters. The van der Waals surface area contributed by atoms with Crippen LogP contribution in [0.2, 0.25) is 5.02 Å². The van der Waals surface area contributed by atoms with Gasteiger partial charge in [-0.2, -0.15) is 0 Å². The van der Waals surface area contributed by atoms with Crippen LogP contribution in [0.4, 0.5) is 5.69 Å². The van der Waals surface area contributed by atoms with Crippen molar-refractivity contribution in [2.24, 2.45) is 0 Å². The standard InChI is InChI=1S/C14H12ClN3S/c15-10-1-2-11-12(3-5-17-13(11)9-10)16-6-4-14-18-7-8-19-14/h1-3,5,7-9H,4,6H2,(H,16,17). The van der Waals surface area contributed by atoms with E-state index in [0.717, 1.165) is 34.6 Å². The minimum absolute atomic E-state index is 0.708. The largest absolute Gasteiger partial charge is 0.384 e. The van der Waals surface area contributed by atoms with Crippen molar-refractivity contribution in [3.05, 3.63) is 52.1 Å². The number of benzene rings is 1. The number of fused-ring (bicyclic) bond motifs is 1. The van der Waals surface area contributed by atoms with Crippen LogP contribution >= 0.6 is 22.9 Å². The molecule has 5 heteroatoms. The van der Waals surface area contributed by atoms with Crippen molar-refractivity contribution in [1.29, 1.82) is 0 Å². The summed E-state index contributed by atoms with van der Waals surface area (Å²) in [5.74, 6) is 0. The predicted molar refractivity (Wildman–Crippen MR) is 81.1 cm³/mol. The minimum atomic E-state index is 0.708. The van der Waals surface area contributed by atoms with Crippen LogP contribution < -0.4 is 5.32 Å².